The standard InChI is InChI=1S/C20H19N5O5S2/c1-4-8-24-19(28)16-11(2)12(3)32-18(16)21-20(24)31-10-15(26)22-23-17(27)13-6-5-7-14(9-13)25(29)30/h4-7,9H,1,8,10H2,2-3H3,(H,22,26)(H,23,27). The molecule has 0 unspecified atom stereocenters. The molecule has 12 heteroatoms. The number of nitro groups is 1. The zero-order chi connectivity index (χ0) is 23.4. The second kappa shape index (κ2) is 9.75. The number of thiophene rings is 1. The van der Waals surface area contributed by atoms with Crippen LogP contribution in [0.2, 0.25) is 0 Å². The second-order valence-electron chi connectivity index (χ2n) is 6.66. The molecule has 0 atom stereocenters. The lowest BCUT2D eigenvalue weighted by atomic mass is 10.2. The monoisotopic (exact) mass is 473 g/mol. The number of amides is 2. The van der Waals surface area contributed by atoms with Crippen LogP contribution in [0.3, 0.4) is 0 Å². The summed E-state index contributed by atoms with van der Waals surface area (Å²) in [4.78, 5) is 53.6. The smallest absolute Gasteiger partial charge is 0.270 e. The number of aryl methyl sites for hydroxylation is 2. The molecule has 1 aromatic carbocycles. The normalized spacial score (nSPS) is 10.7. The molecule has 0 radical (unpaired) electrons. The third-order valence-corrected chi connectivity index (χ3v) is 6.61. The van der Waals surface area contributed by atoms with Crippen molar-refractivity contribution in [3.8, 4) is 0 Å². The average molecular weight is 474 g/mol. The highest BCUT2D eigenvalue weighted by atomic mass is 32.2. The third-order valence-electron chi connectivity index (χ3n) is 4.53. The topological polar surface area (TPSA) is 136 Å². The number of hydrogen-bond donors (Lipinski definition) is 2. The van der Waals surface area contributed by atoms with Crippen molar-refractivity contribution < 1.29 is 14.5 Å². The summed E-state index contributed by atoms with van der Waals surface area (Å²) in [5, 5.41) is 11.8. The van der Waals surface area contributed by atoms with Crippen LogP contribution in [-0.2, 0) is 11.3 Å². The molecule has 0 bridgehead atoms. The van der Waals surface area contributed by atoms with E-state index in [2.05, 4.69) is 22.4 Å². The van der Waals surface area contributed by atoms with E-state index in [1.165, 1.54) is 34.1 Å². The van der Waals surface area contributed by atoms with Gasteiger partial charge in [-0.15, -0.1) is 17.9 Å². The van der Waals surface area contributed by atoms with Gasteiger partial charge in [-0.1, -0.05) is 23.9 Å². The van der Waals surface area contributed by atoms with Crippen LogP contribution in [0.4, 0.5) is 5.69 Å². The third kappa shape index (κ3) is 4.86. The number of carbonyl (C=O) groups is 2. The van der Waals surface area contributed by atoms with Crippen LogP contribution in [0.1, 0.15) is 20.8 Å². The lowest BCUT2D eigenvalue weighted by Crippen LogP contribution is -2.42. The van der Waals surface area contributed by atoms with Gasteiger partial charge in [0.1, 0.15) is 4.83 Å². The fraction of sp³-hybridized carbons (Fsp3) is 0.200. The first-order valence-electron chi connectivity index (χ1n) is 9.30. The van der Waals surface area contributed by atoms with Crippen LogP contribution < -0.4 is 16.4 Å². The number of aromatic nitrogens is 2. The number of fused-ring (bicyclic) bond motifs is 1. The van der Waals surface area contributed by atoms with E-state index < -0.39 is 16.7 Å². The van der Waals surface area contributed by atoms with Gasteiger partial charge in [0.25, 0.3) is 17.2 Å². The Balaban J connectivity index is 1.69. The molecule has 0 aliphatic heterocycles. The Labute approximate surface area is 190 Å². The van der Waals surface area contributed by atoms with Gasteiger partial charge in [0, 0.05) is 29.1 Å². The van der Waals surface area contributed by atoms with Crippen molar-refractivity contribution >= 4 is 50.8 Å². The zero-order valence-electron chi connectivity index (χ0n) is 17.2. The highest BCUT2D eigenvalue weighted by molar-refractivity contribution is 7.99. The molecular weight excluding hydrogens is 454 g/mol. The number of rotatable bonds is 7. The van der Waals surface area contributed by atoms with Crippen LogP contribution in [-0.4, -0.2) is 32.0 Å². The van der Waals surface area contributed by atoms with Crippen molar-refractivity contribution in [2.45, 2.75) is 25.5 Å². The predicted octanol–water partition coefficient (Wildman–Crippen LogP) is 2.72. The van der Waals surface area contributed by atoms with E-state index in [9.17, 15) is 24.5 Å². The van der Waals surface area contributed by atoms with Gasteiger partial charge in [-0.25, -0.2) is 4.98 Å². The number of nitro benzene ring substituents is 1. The maximum Gasteiger partial charge on any atom is 0.270 e. The summed E-state index contributed by atoms with van der Waals surface area (Å²) in [6.45, 7) is 7.71. The van der Waals surface area contributed by atoms with Gasteiger partial charge in [-0.05, 0) is 25.5 Å². The molecule has 2 N–H and O–H groups in total. The van der Waals surface area contributed by atoms with E-state index in [-0.39, 0.29) is 29.1 Å². The molecule has 0 aliphatic carbocycles. The maximum atomic E-state index is 12.9. The highest BCUT2D eigenvalue weighted by Gasteiger charge is 2.18. The first-order valence-corrected chi connectivity index (χ1v) is 11.1. The fourth-order valence-corrected chi connectivity index (χ4v) is 4.71. The summed E-state index contributed by atoms with van der Waals surface area (Å²) in [5.74, 6) is -1.35. The maximum absolute atomic E-state index is 12.9. The average Bonchev–Trinajstić information content (AvgIpc) is 3.06. The minimum absolute atomic E-state index is 0.0301. The Kier molecular flexibility index (Phi) is 7.05. The van der Waals surface area contributed by atoms with Crippen molar-refractivity contribution in [3.63, 3.8) is 0 Å². The number of hydrazine groups is 1. The van der Waals surface area contributed by atoms with E-state index >= 15 is 0 Å². The summed E-state index contributed by atoms with van der Waals surface area (Å²) < 4.78 is 1.45. The molecule has 3 rings (SSSR count). The van der Waals surface area contributed by atoms with Crippen molar-refractivity contribution in [2.24, 2.45) is 0 Å². The molecule has 2 amide bonds. The Bertz CT molecular complexity index is 1300. The molecule has 3 aromatic rings. The second-order valence-corrected chi connectivity index (χ2v) is 8.81. The van der Waals surface area contributed by atoms with Gasteiger partial charge in [-0.2, -0.15) is 0 Å². The minimum atomic E-state index is -0.695. The van der Waals surface area contributed by atoms with Gasteiger partial charge in [-0.3, -0.25) is 39.9 Å². The van der Waals surface area contributed by atoms with E-state index in [1.807, 2.05) is 13.8 Å². The van der Waals surface area contributed by atoms with Crippen LogP contribution in [0.5, 0.6) is 0 Å². The number of thioether (sulfide) groups is 1. The molecule has 2 aromatic heterocycles. The van der Waals surface area contributed by atoms with Crippen LogP contribution in [0.15, 0.2) is 46.9 Å². The lowest BCUT2D eigenvalue weighted by Gasteiger charge is -2.11. The minimum Gasteiger partial charge on any atom is -0.283 e. The van der Waals surface area contributed by atoms with Gasteiger partial charge in [0.05, 0.1) is 16.1 Å². The largest absolute Gasteiger partial charge is 0.283 e. The zero-order valence-corrected chi connectivity index (χ0v) is 18.8. The molecule has 0 aliphatic rings. The molecule has 0 saturated heterocycles. The molecule has 32 heavy (non-hydrogen) atoms. The summed E-state index contributed by atoms with van der Waals surface area (Å²) in [5.41, 5.74) is 4.96. The Hall–Kier alpha value is -3.51. The van der Waals surface area contributed by atoms with E-state index in [4.69, 9.17) is 0 Å². The van der Waals surface area contributed by atoms with Gasteiger partial charge < -0.3 is 0 Å². The molecular formula is C20H19N5O5S2. The quantitative estimate of drug-likeness (QED) is 0.177. The van der Waals surface area contributed by atoms with Gasteiger partial charge >= 0.3 is 0 Å². The molecule has 0 spiro atoms. The SMILES string of the molecule is C=CCn1c(SCC(=O)NNC(=O)c2cccc([N+](=O)[O-])c2)nc2sc(C)c(C)c2c1=O. The number of allylic oxidation sites excluding steroid dienone is 1. The summed E-state index contributed by atoms with van der Waals surface area (Å²) >= 11 is 2.47. The summed E-state index contributed by atoms with van der Waals surface area (Å²) in [7, 11) is 0. The predicted molar refractivity (Wildman–Crippen MR) is 123 cm³/mol. The highest BCUT2D eigenvalue weighted by Crippen LogP contribution is 2.28. The molecule has 10 nitrogen and oxygen atoms in total. The first-order chi connectivity index (χ1) is 15.2. The van der Waals surface area contributed by atoms with Gasteiger partial charge in [0.2, 0.25) is 5.91 Å². The number of nitrogens with zero attached hydrogens (tertiary/aromatic N) is 3. The van der Waals surface area contributed by atoms with Crippen molar-refractivity contribution in [1.82, 2.24) is 20.4 Å². The molecule has 2 heterocycles. The van der Waals surface area contributed by atoms with E-state index in [0.717, 1.165) is 28.3 Å². The Morgan fingerprint density at radius 2 is 2.09 bits per heavy atom. The Morgan fingerprint density at radius 3 is 2.78 bits per heavy atom. The molecule has 0 saturated carbocycles. The number of nitrogens with one attached hydrogen (secondary N) is 2. The van der Waals surface area contributed by atoms with Crippen LogP contribution >= 0.6 is 23.1 Å². The number of benzene rings is 1. The van der Waals surface area contributed by atoms with E-state index in [1.54, 1.807) is 6.08 Å². The number of non-ortho nitro benzene ring substituents is 1. The lowest BCUT2D eigenvalue weighted by molar-refractivity contribution is -0.384. The fourth-order valence-electron chi connectivity index (χ4n) is 2.83. The van der Waals surface area contributed by atoms with Crippen molar-refractivity contribution in [1.29, 1.82) is 0 Å². The number of carbonyl (C=O) groups excluding carboxylic acids is 2. The van der Waals surface area contributed by atoms with Crippen LogP contribution in [0, 0.1) is 24.0 Å². The van der Waals surface area contributed by atoms with E-state index in [0.29, 0.717) is 15.4 Å². The Morgan fingerprint density at radius 1 is 1.34 bits per heavy atom. The van der Waals surface area contributed by atoms with Crippen molar-refractivity contribution in [2.75, 3.05) is 5.75 Å². The van der Waals surface area contributed by atoms with Gasteiger partial charge in [0.15, 0.2) is 5.16 Å². The summed E-state index contributed by atoms with van der Waals surface area (Å²) in [6, 6.07) is 5.13. The summed E-state index contributed by atoms with van der Waals surface area (Å²) in [6.07, 6.45) is 1.58. The molecule has 0 fully saturated rings. The van der Waals surface area contributed by atoms with Crippen LogP contribution in [0.25, 0.3) is 10.2 Å². The molecule has 166 valence electrons. The number of hydrogen-bond acceptors (Lipinski definition) is 8. The van der Waals surface area contributed by atoms with Crippen molar-refractivity contribution in [3.05, 3.63) is 73.4 Å². The first kappa shape index (κ1) is 23.2.